The van der Waals surface area contributed by atoms with E-state index in [1.807, 2.05) is 36.4 Å². The summed E-state index contributed by atoms with van der Waals surface area (Å²) < 4.78 is 0. The number of amides is 1. The Bertz CT molecular complexity index is 683. The van der Waals surface area contributed by atoms with E-state index in [1.165, 1.54) is 0 Å². The summed E-state index contributed by atoms with van der Waals surface area (Å²) >= 11 is 0. The first-order valence-corrected chi connectivity index (χ1v) is 6.63. The van der Waals surface area contributed by atoms with Crippen molar-refractivity contribution in [2.45, 2.75) is 13.0 Å². The van der Waals surface area contributed by atoms with Gasteiger partial charge in [-0.15, -0.1) is 0 Å². The maximum absolute atomic E-state index is 11.4. The highest BCUT2D eigenvalue weighted by molar-refractivity contribution is 5.93. The Morgan fingerprint density at radius 1 is 1.29 bits per heavy atom. The molecule has 0 fully saturated rings. The van der Waals surface area contributed by atoms with E-state index in [4.69, 9.17) is 10.6 Å². The van der Waals surface area contributed by atoms with Crippen molar-refractivity contribution < 1.29 is 9.63 Å². The molecule has 1 aromatic carbocycles. The average molecular weight is 281 g/mol. The van der Waals surface area contributed by atoms with Gasteiger partial charge in [-0.2, -0.15) is 0 Å². The van der Waals surface area contributed by atoms with Crippen LogP contribution in [0.15, 0.2) is 60.6 Å². The van der Waals surface area contributed by atoms with Crippen molar-refractivity contribution >= 4 is 11.6 Å². The Hall–Kier alpha value is -2.66. The molecule has 0 bridgehead atoms. The van der Waals surface area contributed by atoms with Crippen LogP contribution in [0.1, 0.15) is 11.1 Å². The molecule has 0 atom stereocenters. The summed E-state index contributed by atoms with van der Waals surface area (Å²) in [6.45, 7) is 0.366. The first kappa shape index (κ1) is 13.3. The van der Waals surface area contributed by atoms with Crippen LogP contribution in [-0.2, 0) is 22.7 Å². The van der Waals surface area contributed by atoms with Gasteiger partial charge in [0.2, 0.25) is 5.91 Å². The molecule has 21 heavy (non-hydrogen) atoms. The Kier molecular flexibility index (Phi) is 3.66. The van der Waals surface area contributed by atoms with Crippen molar-refractivity contribution in [1.82, 2.24) is 4.98 Å². The molecule has 0 saturated carbocycles. The minimum Gasteiger partial charge on any atom is -0.366 e. The number of anilines is 1. The molecule has 5 heteroatoms. The van der Waals surface area contributed by atoms with Crippen molar-refractivity contribution in [3.63, 3.8) is 0 Å². The number of primary amides is 1. The van der Waals surface area contributed by atoms with Crippen molar-refractivity contribution in [2.75, 3.05) is 5.06 Å². The standard InChI is InChI=1S/C16H15N3O2/c17-16(20)14-8-13-5-1-2-6-15(13)19(10-14)21-11-12-4-3-7-18-9-12/h1-7,9-10H,8,11H2,(H2,17,20). The molecule has 1 aliphatic heterocycles. The number of nitrogens with two attached hydrogens (primary N) is 1. The normalized spacial score (nSPS) is 13.5. The molecule has 1 aromatic heterocycles. The number of carbonyl (C=O) groups excluding carboxylic acids is 1. The van der Waals surface area contributed by atoms with E-state index < -0.39 is 5.91 Å². The number of fused-ring (bicyclic) bond motifs is 1. The lowest BCUT2D eigenvalue weighted by atomic mass is 10.0. The number of hydrogen-bond donors (Lipinski definition) is 1. The van der Waals surface area contributed by atoms with Gasteiger partial charge in [0.05, 0.1) is 5.69 Å². The van der Waals surface area contributed by atoms with Crippen LogP contribution in [0.3, 0.4) is 0 Å². The molecule has 3 rings (SSSR count). The summed E-state index contributed by atoms with van der Waals surface area (Å²) in [4.78, 5) is 21.3. The van der Waals surface area contributed by atoms with E-state index in [0.29, 0.717) is 18.6 Å². The minimum absolute atomic E-state index is 0.366. The SMILES string of the molecule is NC(=O)C1=CN(OCc2cccnc2)c2ccccc2C1. The molecule has 0 unspecified atom stereocenters. The van der Waals surface area contributed by atoms with E-state index in [0.717, 1.165) is 16.8 Å². The second-order valence-corrected chi connectivity index (χ2v) is 4.78. The molecule has 5 nitrogen and oxygen atoms in total. The zero-order valence-electron chi connectivity index (χ0n) is 11.4. The van der Waals surface area contributed by atoms with Crippen molar-refractivity contribution in [2.24, 2.45) is 5.73 Å². The number of benzene rings is 1. The summed E-state index contributed by atoms with van der Waals surface area (Å²) in [6.07, 6.45) is 5.64. The third-order valence-electron chi connectivity index (χ3n) is 3.29. The lowest BCUT2D eigenvalue weighted by Crippen LogP contribution is -2.27. The van der Waals surface area contributed by atoms with Gasteiger partial charge in [0.25, 0.3) is 0 Å². The third-order valence-corrected chi connectivity index (χ3v) is 3.29. The molecular formula is C16H15N3O2. The number of para-hydroxylation sites is 1. The van der Waals surface area contributed by atoms with E-state index in [9.17, 15) is 4.79 Å². The number of pyridine rings is 1. The van der Waals surface area contributed by atoms with Crippen LogP contribution in [0.4, 0.5) is 5.69 Å². The second kappa shape index (κ2) is 5.76. The first-order chi connectivity index (χ1) is 10.2. The lowest BCUT2D eigenvalue weighted by molar-refractivity contribution is -0.114. The Morgan fingerprint density at radius 2 is 2.14 bits per heavy atom. The molecule has 0 aliphatic carbocycles. The monoisotopic (exact) mass is 281 g/mol. The summed E-state index contributed by atoms with van der Waals surface area (Å²) in [5, 5.41) is 1.60. The van der Waals surface area contributed by atoms with Crippen molar-refractivity contribution in [3.05, 3.63) is 71.7 Å². The van der Waals surface area contributed by atoms with Crippen LogP contribution in [-0.4, -0.2) is 10.9 Å². The molecule has 0 saturated heterocycles. The number of hydroxylamine groups is 1. The predicted octanol–water partition coefficient (Wildman–Crippen LogP) is 1.95. The minimum atomic E-state index is -0.431. The van der Waals surface area contributed by atoms with Crippen LogP contribution in [0.25, 0.3) is 0 Å². The Balaban J connectivity index is 1.84. The van der Waals surface area contributed by atoms with Crippen LogP contribution in [0, 0.1) is 0 Å². The topological polar surface area (TPSA) is 68.5 Å². The van der Waals surface area contributed by atoms with Gasteiger partial charge in [0.15, 0.2) is 0 Å². The number of carbonyl (C=O) groups is 1. The van der Waals surface area contributed by atoms with E-state index in [2.05, 4.69) is 4.98 Å². The largest absolute Gasteiger partial charge is 0.366 e. The number of aromatic nitrogens is 1. The molecular weight excluding hydrogens is 266 g/mol. The molecule has 0 spiro atoms. The van der Waals surface area contributed by atoms with E-state index >= 15 is 0 Å². The fourth-order valence-corrected chi connectivity index (χ4v) is 2.22. The van der Waals surface area contributed by atoms with Gasteiger partial charge in [-0.1, -0.05) is 24.3 Å². The van der Waals surface area contributed by atoms with Gasteiger partial charge in [0, 0.05) is 30.6 Å². The maximum Gasteiger partial charge on any atom is 0.246 e. The van der Waals surface area contributed by atoms with Crippen LogP contribution >= 0.6 is 0 Å². The van der Waals surface area contributed by atoms with Gasteiger partial charge >= 0.3 is 0 Å². The fourth-order valence-electron chi connectivity index (χ4n) is 2.22. The highest BCUT2D eigenvalue weighted by Crippen LogP contribution is 2.29. The van der Waals surface area contributed by atoms with Crippen molar-refractivity contribution in [1.29, 1.82) is 0 Å². The van der Waals surface area contributed by atoms with E-state index in [1.54, 1.807) is 23.7 Å². The molecule has 106 valence electrons. The quantitative estimate of drug-likeness (QED) is 0.930. The van der Waals surface area contributed by atoms with Crippen LogP contribution in [0.2, 0.25) is 0 Å². The van der Waals surface area contributed by atoms with Gasteiger partial charge in [-0.05, 0) is 23.3 Å². The first-order valence-electron chi connectivity index (χ1n) is 6.63. The number of rotatable bonds is 4. The maximum atomic E-state index is 11.4. The van der Waals surface area contributed by atoms with Crippen molar-refractivity contribution in [3.8, 4) is 0 Å². The molecule has 2 heterocycles. The predicted molar refractivity (Wildman–Crippen MR) is 78.9 cm³/mol. The van der Waals surface area contributed by atoms with Crippen LogP contribution in [0.5, 0.6) is 0 Å². The summed E-state index contributed by atoms with van der Waals surface area (Å²) in [7, 11) is 0. The number of hydrogen-bond acceptors (Lipinski definition) is 4. The van der Waals surface area contributed by atoms with E-state index in [-0.39, 0.29) is 0 Å². The smallest absolute Gasteiger partial charge is 0.246 e. The molecule has 0 radical (unpaired) electrons. The number of nitrogens with zero attached hydrogens (tertiary/aromatic N) is 2. The van der Waals surface area contributed by atoms with Gasteiger partial charge in [-0.25, -0.2) is 5.06 Å². The fraction of sp³-hybridized carbons (Fsp3) is 0.125. The average Bonchev–Trinajstić information content (AvgIpc) is 2.53. The van der Waals surface area contributed by atoms with Gasteiger partial charge in [-0.3, -0.25) is 14.6 Å². The van der Waals surface area contributed by atoms with Crippen LogP contribution < -0.4 is 10.8 Å². The second-order valence-electron chi connectivity index (χ2n) is 4.78. The lowest BCUT2D eigenvalue weighted by Gasteiger charge is -2.27. The summed E-state index contributed by atoms with van der Waals surface area (Å²) in [6, 6.07) is 11.6. The zero-order chi connectivity index (χ0) is 14.7. The highest BCUT2D eigenvalue weighted by Gasteiger charge is 2.20. The Morgan fingerprint density at radius 3 is 2.90 bits per heavy atom. The summed E-state index contributed by atoms with van der Waals surface area (Å²) in [5.41, 5.74) is 8.81. The Labute approximate surface area is 122 Å². The van der Waals surface area contributed by atoms with Gasteiger partial charge < -0.3 is 5.73 Å². The van der Waals surface area contributed by atoms with Gasteiger partial charge in [0.1, 0.15) is 6.61 Å². The molecule has 2 aromatic rings. The summed E-state index contributed by atoms with van der Waals surface area (Å²) in [5.74, 6) is -0.431. The zero-order valence-corrected chi connectivity index (χ0v) is 11.4. The molecule has 1 amide bonds. The highest BCUT2D eigenvalue weighted by atomic mass is 16.7. The molecule has 2 N–H and O–H groups in total. The third kappa shape index (κ3) is 2.93. The molecule has 1 aliphatic rings.